The van der Waals surface area contributed by atoms with Crippen molar-refractivity contribution in [2.75, 3.05) is 11.1 Å². The molecule has 0 unspecified atom stereocenters. The molecule has 0 aliphatic heterocycles. The normalized spacial score (nSPS) is 10.4. The number of aromatic amines is 1. The largest absolute Gasteiger partial charge is 0.396 e. The van der Waals surface area contributed by atoms with Crippen LogP contribution in [-0.2, 0) is 6.54 Å². The van der Waals surface area contributed by atoms with Crippen molar-refractivity contribution < 1.29 is 0 Å². The van der Waals surface area contributed by atoms with Crippen LogP contribution in [0.5, 0.6) is 0 Å². The first-order chi connectivity index (χ1) is 7.66. The van der Waals surface area contributed by atoms with E-state index in [9.17, 15) is 0 Å². The molecule has 0 aromatic carbocycles. The van der Waals surface area contributed by atoms with Crippen LogP contribution in [0.1, 0.15) is 11.3 Å². The Morgan fingerprint density at radius 2 is 2.31 bits per heavy atom. The standard InChI is InChI=1S/C10H12ClN5/c1-6-7(4-15-16-6)3-13-10-9(12)2-8(11)5-14-10/h2,4-5H,3,12H2,1H3,(H,13,14)(H,15,16). The predicted octanol–water partition coefficient (Wildman–Crippen LogP) is 1.96. The van der Waals surface area contributed by atoms with Gasteiger partial charge in [0.25, 0.3) is 0 Å². The number of halogens is 1. The Bertz CT molecular complexity index is 494. The number of H-pyrrole nitrogens is 1. The molecule has 2 heterocycles. The monoisotopic (exact) mass is 237 g/mol. The van der Waals surface area contributed by atoms with Crippen molar-refractivity contribution in [1.82, 2.24) is 15.2 Å². The van der Waals surface area contributed by atoms with Crippen LogP contribution >= 0.6 is 11.6 Å². The number of hydrogen-bond donors (Lipinski definition) is 3. The van der Waals surface area contributed by atoms with Gasteiger partial charge in [-0.25, -0.2) is 4.98 Å². The van der Waals surface area contributed by atoms with Gasteiger partial charge in [-0.2, -0.15) is 5.10 Å². The van der Waals surface area contributed by atoms with Crippen molar-refractivity contribution in [2.45, 2.75) is 13.5 Å². The summed E-state index contributed by atoms with van der Waals surface area (Å²) in [5.41, 5.74) is 8.41. The number of hydrogen-bond acceptors (Lipinski definition) is 4. The highest BCUT2D eigenvalue weighted by Gasteiger charge is 2.03. The summed E-state index contributed by atoms with van der Waals surface area (Å²) in [4.78, 5) is 4.11. The fourth-order valence-corrected chi connectivity index (χ4v) is 1.50. The van der Waals surface area contributed by atoms with Crippen LogP contribution in [0.15, 0.2) is 18.5 Å². The Hall–Kier alpha value is -1.75. The lowest BCUT2D eigenvalue weighted by Gasteiger charge is -2.07. The maximum absolute atomic E-state index is 5.77. The highest BCUT2D eigenvalue weighted by atomic mass is 35.5. The van der Waals surface area contributed by atoms with Crippen molar-refractivity contribution in [2.24, 2.45) is 0 Å². The molecule has 16 heavy (non-hydrogen) atoms. The summed E-state index contributed by atoms with van der Waals surface area (Å²) in [7, 11) is 0. The number of nitrogens with one attached hydrogen (secondary N) is 2. The predicted molar refractivity (Wildman–Crippen MR) is 64.3 cm³/mol. The molecule has 0 saturated carbocycles. The van der Waals surface area contributed by atoms with Crippen LogP contribution in [0.2, 0.25) is 5.02 Å². The lowest BCUT2D eigenvalue weighted by molar-refractivity contribution is 1.04. The summed E-state index contributed by atoms with van der Waals surface area (Å²) in [5, 5.41) is 10.5. The molecule has 2 aromatic rings. The molecule has 0 aliphatic rings. The topological polar surface area (TPSA) is 79.6 Å². The van der Waals surface area contributed by atoms with Gasteiger partial charge in [-0.15, -0.1) is 0 Å². The zero-order valence-corrected chi connectivity index (χ0v) is 9.54. The number of pyridine rings is 1. The van der Waals surface area contributed by atoms with Gasteiger partial charge in [-0.05, 0) is 13.0 Å². The molecule has 0 bridgehead atoms. The third-order valence-corrected chi connectivity index (χ3v) is 2.47. The summed E-state index contributed by atoms with van der Waals surface area (Å²) in [5.74, 6) is 0.630. The maximum atomic E-state index is 5.77. The van der Waals surface area contributed by atoms with Crippen LogP contribution in [-0.4, -0.2) is 15.2 Å². The lowest BCUT2D eigenvalue weighted by atomic mass is 10.2. The summed E-state index contributed by atoms with van der Waals surface area (Å²) >= 11 is 5.76. The molecule has 4 N–H and O–H groups in total. The van der Waals surface area contributed by atoms with Crippen LogP contribution in [0.25, 0.3) is 0 Å². The number of anilines is 2. The van der Waals surface area contributed by atoms with Crippen molar-refractivity contribution in [3.8, 4) is 0 Å². The van der Waals surface area contributed by atoms with E-state index in [-0.39, 0.29) is 0 Å². The molecule has 0 fully saturated rings. The second-order valence-corrected chi connectivity index (χ2v) is 3.90. The Morgan fingerprint density at radius 1 is 1.50 bits per heavy atom. The van der Waals surface area contributed by atoms with E-state index < -0.39 is 0 Å². The lowest BCUT2D eigenvalue weighted by Crippen LogP contribution is -2.04. The van der Waals surface area contributed by atoms with E-state index in [4.69, 9.17) is 17.3 Å². The first-order valence-electron chi connectivity index (χ1n) is 4.80. The van der Waals surface area contributed by atoms with E-state index in [0.29, 0.717) is 23.1 Å². The minimum Gasteiger partial charge on any atom is -0.396 e. The number of aromatic nitrogens is 3. The maximum Gasteiger partial charge on any atom is 0.149 e. The first kappa shape index (κ1) is 10.8. The minimum absolute atomic E-state index is 0.530. The van der Waals surface area contributed by atoms with Gasteiger partial charge in [-0.1, -0.05) is 11.6 Å². The third kappa shape index (κ3) is 2.25. The molecule has 6 heteroatoms. The van der Waals surface area contributed by atoms with Gasteiger partial charge >= 0.3 is 0 Å². The van der Waals surface area contributed by atoms with Gasteiger partial charge in [0.2, 0.25) is 0 Å². The van der Waals surface area contributed by atoms with Crippen molar-refractivity contribution in [3.63, 3.8) is 0 Å². The number of nitrogen functional groups attached to an aromatic ring is 1. The van der Waals surface area contributed by atoms with Gasteiger partial charge in [-0.3, -0.25) is 5.10 Å². The summed E-state index contributed by atoms with van der Waals surface area (Å²) < 4.78 is 0. The molecule has 0 saturated heterocycles. The summed E-state index contributed by atoms with van der Waals surface area (Å²) in [6, 6.07) is 1.67. The van der Waals surface area contributed by atoms with Gasteiger partial charge in [0, 0.05) is 24.0 Å². The molecular weight excluding hydrogens is 226 g/mol. The molecule has 84 valence electrons. The summed E-state index contributed by atoms with van der Waals surface area (Å²) in [6.45, 7) is 2.59. The smallest absolute Gasteiger partial charge is 0.149 e. The van der Waals surface area contributed by atoms with Crippen LogP contribution in [0, 0.1) is 6.92 Å². The average molecular weight is 238 g/mol. The van der Waals surface area contributed by atoms with E-state index in [1.54, 1.807) is 18.5 Å². The van der Waals surface area contributed by atoms with E-state index in [1.165, 1.54) is 0 Å². The van der Waals surface area contributed by atoms with Crippen LogP contribution < -0.4 is 11.1 Å². The molecule has 0 spiro atoms. The van der Waals surface area contributed by atoms with E-state index in [0.717, 1.165) is 11.3 Å². The van der Waals surface area contributed by atoms with Crippen LogP contribution in [0.4, 0.5) is 11.5 Å². The SMILES string of the molecule is Cc1[nH]ncc1CNc1ncc(Cl)cc1N. The Morgan fingerprint density at radius 3 is 2.94 bits per heavy atom. The molecule has 2 rings (SSSR count). The highest BCUT2D eigenvalue weighted by molar-refractivity contribution is 6.30. The van der Waals surface area contributed by atoms with Crippen molar-refractivity contribution >= 4 is 23.1 Å². The zero-order valence-electron chi connectivity index (χ0n) is 8.79. The molecule has 0 aliphatic carbocycles. The second-order valence-electron chi connectivity index (χ2n) is 3.47. The quantitative estimate of drug-likeness (QED) is 0.763. The number of aryl methyl sites for hydroxylation is 1. The van der Waals surface area contributed by atoms with Crippen LogP contribution in [0.3, 0.4) is 0 Å². The van der Waals surface area contributed by atoms with E-state index in [2.05, 4.69) is 20.5 Å². The van der Waals surface area contributed by atoms with Gasteiger partial charge in [0.1, 0.15) is 5.82 Å². The fraction of sp³-hybridized carbons (Fsp3) is 0.200. The first-order valence-corrected chi connectivity index (χ1v) is 5.18. The van der Waals surface area contributed by atoms with E-state index in [1.807, 2.05) is 6.92 Å². The number of rotatable bonds is 3. The average Bonchev–Trinajstić information content (AvgIpc) is 2.63. The Kier molecular flexibility index (Phi) is 2.96. The zero-order chi connectivity index (χ0) is 11.5. The second kappa shape index (κ2) is 4.40. The Labute approximate surface area is 98.0 Å². The third-order valence-electron chi connectivity index (χ3n) is 2.26. The molecule has 0 amide bonds. The van der Waals surface area contributed by atoms with Gasteiger partial charge < -0.3 is 11.1 Å². The molecular formula is C10H12ClN5. The minimum atomic E-state index is 0.530. The fourth-order valence-electron chi connectivity index (χ4n) is 1.34. The summed E-state index contributed by atoms with van der Waals surface area (Å²) in [6.07, 6.45) is 3.33. The highest BCUT2D eigenvalue weighted by Crippen LogP contribution is 2.20. The van der Waals surface area contributed by atoms with Gasteiger partial charge in [0.05, 0.1) is 16.9 Å². The molecule has 2 aromatic heterocycles. The molecule has 5 nitrogen and oxygen atoms in total. The number of nitrogens with zero attached hydrogens (tertiary/aromatic N) is 2. The van der Waals surface area contributed by atoms with Crippen molar-refractivity contribution in [3.05, 3.63) is 34.7 Å². The van der Waals surface area contributed by atoms with E-state index >= 15 is 0 Å². The van der Waals surface area contributed by atoms with Crippen molar-refractivity contribution in [1.29, 1.82) is 0 Å². The Balaban J connectivity index is 2.08. The molecule has 0 atom stereocenters. The number of nitrogens with two attached hydrogens (primary N) is 1. The molecule has 0 radical (unpaired) electrons. The van der Waals surface area contributed by atoms with Gasteiger partial charge in [0.15, 0.2) is 0 Å².